The summed E-state index contributed by atoms with van der Waals surface area (Å²) in [7, 11) is 1.41. The van der Waals surface area contributed by atoms with Crippen LogP contribution in [-0.2, 0) is 20.7 Å². The second kappa shape index (κ2) is 7.04. The number of nitriles is 1. The molecule has 5 heteroatoms. The van der Waals surface area contributed by atoms with E-state index in [4.69, 9.17) is 10.00 Å². The van der Waals surface area contributed by atoms with E-state index in [9.17, 15) is 9.59 Å². The number of benzene rings is 1. The number of hydrogen-bond donors (Lipinski definition) is 1. The van der Waals surface area contributed by atoms with Gasteiger partial charge in [-0.15, -0.1) is 0 Å². The molecule has 1 aromatic rings. The van der Waals surface area contributed by atoms with Gasteiger partial charge in [0.05, 0.1) is 24.7 Å². The van der Waals surface area contributed by atoms with E-state index in [1.165, 1.54) is 7.11 Å². The summed E-state index contributed by atoms with van der Waals surface area (Å²) >= 11 is 0. The molecule has 2 bridgehead atoms. The van der Waals surface area contributed by atoms with Crippen LogP contribution in [0.25, 0.3) is 0 Å². The van der Waals surface area contributed by atoms with Crippen molar-refractivity contribution in [2.45, 2.75) is 38.1 Å². The zero-order chi connectivity index (χ0) is 17.1. The van der Waals surface area contributed by atoms with Crippen LogP contribution in [0.1, 0.15) is 36.8 Å². The first-order chi connectivity index (χ1) is 11.6. The van der Waals surface area contributed by atoms with Gasteiger partial charge in [0.15, 0.2) is 0 Å². The number of aryl methyl sites for hydroxylation is 1. The summed E-state index contributed by atoms with van der Waals surface area (Å²) in [6.07, 6.45) is 4.16. The molecule has 2 aliphatic carbocycles. The lowest BCUT2D eigenvalue weighted by molar-refractivity contribution is -0.148. The second-order valence-electron chi connectivity index (χ2n) is 6.78. The molecule has 24 heavy (non-hydrogen) atoms. The number of hydrogen-bond acceptors (Lipinski definition) is 4. The zero-order valence-electron chi connectivity index (χ0n) is 13.8. The molecule has 0 aliphatic heterocycles. The van der Waals surface area contributed by atoms with E-state index in [1.807, 2.05) is 12.1 Å². The van der Waals surface area contributed by atoms with Crippen molar-refractivity contribution < 1.29 is 14.3 Å². The Balaban J connectivity index is 1.56. The molecular weight excluding hydrogens is 304 g/mol. The van der Waals surface area contributed by atoms with E-state index in [2.05, 4.69) is 11.4 Å². The lowest BCUT2D eigenvalue weighted by atomic mass is 9.84. The fourth-order valence-corrected chi connectivity index (χ4v) is 4.24. The van der Waals surface area contributed by atoms with Gasteiger partial charge in [-0.05, 0) is 55.2 Å². The van der Waals surface area contributed by atoms with E-state index in [-0.39, 0.29) is 23.8 Å². The lowest BCUT2D eigenvalue weighted by Gasteiger charge is -2.29. The van der Waals surface area contributed by atoms with Crippen molar-refractivity contribution in [1.82, 2.24) is 5.32 Å². The number of ether oxygens (including phenoxy) is 1. The van der Waals surface area contributed by atoms with Crippen molar-refractivity contribution in [3.63, 3.8) is 0 Å². The molecule has 2 saturated carbocycles. The number of nitrogens with one attached hydrogen (secondary N) is 1. The Morgan fingerprint density at radius 3 is 2.62 bits per heavy atom. The highest BCUT2D eigenvalue weighted by Gasteiger charge is 2.51. The van der Waals surface area contributed by atoms with Crippen molar-refractivity contribution in [3.8, 4) is 6.07 Å². The highest BCUT2D eigenvalue weighted by Crippen LogP contribution is 2.48. The van der Waals surface area contributed by atoms with Crippen molar-refractivity contribution >= 4 is 11.9 Å². The first kappa shape index (κ1) is 16.5. The molecule has 2 aliphatic rings. The molecule has 0 radical (unpaired) electrons. The van der Waals surface area contributed by atoms with Crippen molar-refractivity contribution in [3.05, 3.63) is 35.4 Å². The summed E-state index contributed by atoms with van der Waals surface area (Å²) in [5.41, 5.74) is 1.65. The Morgan fingerprint density at radius 2 is 1.96 bits per heavy atom. The molecule has 0 spiro atoms. The second-order valence-corrected chi connectivity index (χ2v) is 6.78. The summed E-state index contributed by atoms with van der Waals surface area (Å²) in [6, 6.07) is 9.27. The van der Waals surface area contributed by atoms with Gasteiger partial charge in [0.2, 0.25) is 5.91 Å². The number of rotatable bonds is 5. The van der Waals surface area contributed by atoms with E-state index >= 15 is 0 Å². The number of fused-ring (bicyclic) bond motifs is 2. The van der Waals surface area contributed by atoms with Gasteiger partial charge in [0.1, 0.15) is 0 Å². The van der Waals surface area contributed by atoms with Crippen LogP contribution in [0.2, 0.25) is 0 Å². The summed E-state index contributed by atoms with van der Waals surface area (Å²) in [6.45, 7) is 0. The summed E-state index contributed by atoms with van der Waals surface area (Å²) in [5, 5.41) is 11.9. The third-order valence-corrected chi connectivity index (χ3v) is 5.44. The topological polar surface area (TPSA) is 79.2 Å². The van der Waals surface area contributed by atoms with Gasteiger partial charge in [-0.25, -0.2) is 0 Å². The Kier molecular flexibility index (Phi) is 4.84. The van der Waals surface area contributed by atoms with Gasteiger partial charge in [0.25, 0.3) is 0 Å². The molecular formula is C19H22N2O3. The molecule has 3 rings (SSSR count). The van der Waals surface area contributed by atoms with Gasteiger partial charge in [0, 0.05) is 12.5 Å². The minimum Gasteiger partial charge on any atom is -0.469 e. The number of methoxy groups -OCH3 is 1. The van der Waals surface area contributed by atoms with Crippen LogP contribution in [0.15, 0.2) is 24.3 Å². The number of carbonyl (C=O) groups excluding carboxylic acids is 2. The molecule has 4 atom stereocenters. The normalized spacial score (nSPS) is 27.5. The third-order valence-electron chi connectivity index (χ3n) is 5.44. The largest absolute Gasteiger partial charge is 0.469 e. The quantitative estimate of drug-likeness (QED) is 0.841. The molecule has 1 N–H and O–H groups in total. The molecule has 0 unspecified atom stereocenters. The van der Waals surface area contributed by atoms with Gasteiger partial charge < -0.3 is 10.1 Å². The maximum Gasteiger partial charge on any atom is 0.311 e. The van der Waals surface area contributed by atoms with Gasteiger partial charge in [-0.3, -0.25) is 9.59 Å². The lowest BCUT2D eigenvalue weighted by Crippen LogP contribution is -2.47. The van der Waals surface area contributed by atoms with Gasteiger partial charge in [-0.1, -0.05) is 12.1 Å². The average molecular weight is 326 g/mol. The van der Waals surface area contributed by atoms with Crippen LogP contribution in [0.3, 0.4) is 0 Å². The fraction of sp³-hybridized carbons (Fsp3) is 0.526. The van der Waals surface area contributed by atoms with Crippen LogP contribution >= 0.6 is 0 Å². The standard InChI is InChI=1S/C19H22N2O3/c1-24-19(23)17-14-7-8-15(10-14)18(17)21-16(22)9-6-12-2-4-13(11-20)5-3-12/h2-5,14-15,17-18H,6-10H2,1H3,(H,21,22)/t14-,15-,17+,18-/m0/s1. The van der Waals surface area contributed by atoms with E-state index in [1.54, 1.807) is 12.1 Å². The van der Waals surface area contributed by atoms with Crippen molar-refractivity contribution in [1.29, 1.82) is 5.26 Å². The summed E-state index contributed by atoms with van der Waals surface area (Å²) in [5.74, 6) is 0.349. The average Bonchev–Trinajstić information content (AvgIpc) is 3.21. The van der Waals surface area contributed by atoms with Gasteiger partial charge in [-0.2, -0.15) is 5.26 Å². The van der Waals surface area contributed by atoms with Crippen molar-refractivity contribution in [2.75, 3.05) is 7.11 Å². The van der Waals surface area contributed by atoms with Crippen molar-refractivity contribution in [2.24, 2.45) is 17.8 Å². The molecule has 5 nitrogen and oxygen atoms in total. The van der Waals surface area contributed by atoms with Crippen LogP contribution in [-0.4, -0.2) is 25.0 Å². The predicted octanol–water partition coefficient (Wildman–Crippen LogP) is 2.19. The van der Waals surface area contributed by atoms with E-state index in [0.717, 1.165) is 24.8 Å². The number of nitrogens with zero attached hydrogens (tertiary/aromatic N) is 1. The molecule has 0 heterocycles. The molecule has 1 aromatic carbocycles. The maximum atomic E-state index is 12.3. The molecule has 0 saturated heterocycles. The number of esters is 1. The summed E-state index contributed by atoms with van der Waals surface area (Å²) in [4.78, 5) is 24.3. The zero-order valence-corrected chi connectivity index (χ0v) is 13.8. The highest BCUT2D eigenvalue weighted by molar-refractivity contribution is 5.79. The predicted molar refractivity (Wildman–Crippen MR) is 87.7 cm³/mol. The Hall–Kier alpha value is -2.35. The Labute approximate surface area is 142 Å². The molecule has 1 amide bonds. The highest BCUT2D eigenvalue weighted by atomic mass is 16.5. The SMILES string of the molecule is COC(=O)[C@@H]1[C@H]2CC[C@@H](C2)[C@@H]1NC(=O)CCc1ccc(C#N)cc1. The van der Waals surface area contributed by atoms with Gasteiger partial charge >= 0.3 is 5.97 Å². The fourth-order valence-electron chi connectivity index (χ4n) is 4.24. The smallest absolute Gasteiger partial charge is 0.311 e. The Morgan fingerprint density at radius 1 is 1.25 bits per heavy atom. The maximum absolute atomic E-state index is 12.3. The molecule has 126 valence electrons. The van der Waals surface area contributed by atoms with E-state index in [0.29, 0.717) is 30.2 Å². The van der Waals surface area contributed by atoms with E-state index < -0.39 is 0 Å². The monoisotopic (exact) mass is 326 g/mol. The van der Waals surface area contributed by atoms with Crippen LogP contribution in [0.4, 0.5) is 0 Å². The first-order valence-corrected chi connectivity index (χ1v) is 8.48. The molecule has 0 aromatic heterocycles. The minimum absolute atomic E-state index is 0.0224. The summed E-state index contributed by atoms with van der Waals surface area (Å²) < 4.78 is 4.93. The molecule has 2 fully saturated rings. The number of carbonyl (C=O) groups is 2. The third kappa shape index (κ3) is 3.28. The minimum atomic E-state index is -0.195. The number of amides is 1. The van der Waals surface area contributed by atoms with Crippen LogP contribution < -0.4 is 5.32 Å². The van der Waals surface area contributed by atoms with Crippen LogP contribution in [0.5, 0.6) is 0 Å². The Bertz CT molecular complexity index is 662. The van der Waals surface area contributed by atoms with Crippen LogP contribution in [0, 0.1) is 29.1 Å². The first-order valence-electron chi connectivity index (χ1n) is 8.48.